The summed E-state index contributed by atoms with van der Waals surface area (Å²) < 4.78 is 28.8. The number of aliphatic imine (C=N–C) groups is 1. The number of hydrogen-bond donors (Lipinski definition) is 2. The molecule has 354 valence electrons. The highest BCUT2D eigenvalue weighted by molar-refractivity contribution is 6.08. The quantitative estimate of drug-likeness (QED) is 0.0486. The molecule has 19 heteroatoms. The summed E-state index contributed by atoms with van der Waals surface area (Å²) in [5, 5.41) is 8.84. The van der Waals surface area contributed by atoms with Gasteiger partial charge in [0.25, 0.3) is 11.8 Å². The van der Waals surface area contributed by atoms with Crippen molar-refractivity contribution in [3.63, 3.8) is 0 Å². The number of nitrogens with zero attached hydrogens (tertiary/aromatic N) is 7. The summed E-state index contributed by atoms with van der Waals surface area (Å²) in [4.78, 5) is 80.0. The molecule has 5 amide bonds. The molecule has 19 nitrogen and oxygen atoms in total. The Hall–Kier alpha value is -6.43. The molecule has 6 rings (SSSR count). The van der Waals surface area contributed by atoms with Crippen LogP contribution in [-0.2, 0) is 23.9 Å². The van der Waals surface area contributed by atoms with Crippen LogP contribution >= 0.6 is 0 Å². The van der Waals surface area contributed by atoms with Crippen LogP contribution in [0, 0.1) is 12.8 Å². The van der Waals surface area contributed by atoms with Gasteiger partial charge in [-0.1, -0.05) is 43.3 Å². The molecular weight excluding hydrogens is 851 g/mol. The maximum absolute atomic E-state index is 14.1. The minimum absolute atomic E-state index is 0.00588. The fourth-order valence-corrected chi connectivity index (χ4v) is 8.34. The number of ether oxygens (including phenoxy) is 5. The summed E-state index contributed by atoms with van der Waals surface area (Å²) in [7, 11) is 1.49. The molecule has 3 atom stereocenters. The van der Waals surface area contributed by atoms with Gasteiger partial charge in [-0.2, -0.15) is 0 Å². The minimum Gasteiger partial charge on any atom is -0.493 e. The molecule has 2 aromatic rings. The van der Waals surface area contributed by atoms with Gasteiger partial charge in [0.15, 0.2) is 11.5 Å². The molecule has 0 aliphatic carbocycles. The fourth-order valence-electron chi connectivity index (χ4n) is 8.34. The molecule has 0 bridgehead atoms. The van der Waals surface area contributed by atoms with Gasteiger partial charge in [-0.3, -0.25) is 29.0 Å². The molecule has 0 saturated carbocycles. The van der Waals surface area contributed by atoms with E-state index in [9.17, 15) is 24.0 Å². The number of carbonyl (C=O) groups excluding carboxylic acids is 5. The number of unbranched alkanes of at least 4 members (excludes halogenated alkanes) is 2. The van der Waals surface area contributed by atoms with Crippen LogP contribution < -0.4 is 29.7 Å². The van der Waals surface area contributed by atoms with Crippen molar-refractivity contribution >= 4 is 47.1 Å². The predicted molar refractivity (Wildman–Crippen MR) is 247 cm³/mol. The Bertz CT molecular complexity index is 2260. The Labute approximate surface area is 385 Å². The zero-order valence-corrected chi connectivity index (χ0v) is 38.3. The maximum Gasteiger partial charge on any atom is 0.256 e. The summed E-state index contributed by atoms with van der Waals surface area (Å²) >= 11 is 0. The van der Waals surface area contributed by atoms with Gasteiger partial charge in [-0.15, -0.1) is 0 Å². The Morgan fingerprint density at radius 3 is 2.30 bits per heavy atom. The number of benzene rings is 2. The van der Waals surface area contributed by atoms with E-state index in [1.54, 1.807) is 30.9 Å². The molecule has 4 heterocycles. The molecule has 0 radical (unpaired) electrons. The average Bonchev–Trinajstić information content (AvgIpc) is 3.81. The Kier molecular flexibility index (Phi) is 17.2. The predicted octanol–water partition coefficient (Wildman–Crippen LogP) is 5.23. The smallest absolute Gasteiger partial charge is 0.256 e. The van der Waals surface area contributed by atoms with Crippen molar-refractivity contribution in [2.24, 2.45) is 16.0 Å². The number of carbonyl (C=O) groups is 5. The van der Waals surface area contributed by atoms with E-state index in [2.05, 4.69) is 38.8 Å². The second-order valence-electron chi connectivity index (χ2n) is 17.1. The first-order valence-electron chi connectivity index (χ1n) is 22.4. The number of amides is 5. The first-order valence-corrected chi connectivity index (χ1v) is 22.4. The molecule has 0 unspecified atom stereocenters. The van der Waals surface area contributed by atoms with Crippen molar-refractivity contribution < 1.29 is 47.7 Å². The van der Waals surface area contributed by atoms with Crippen molar-refractivity contribution in [2.45, 2.75) is 77.4 Å². The average molecular weight is 912 g/mol. The zero-order valence-electron chi connectivity index (χ0n) is 38.3. The molecule has 0 spiro atoms. The van der Waals surface area contributed by atoms with Gasteiger partial charge in [-0.25, -0.2) is 0 Å². The van der Waals surface area contributed by atoms with Crippen LogP contribution in [0.25, 0.3) is 10.4 Å². The van der Waals surface area contributed by atoms with Crippen molar-refractivity contribution in [3.05, 3.63) is 75.7 Å². The van der Waals surface area contributed by atoms with E-state index in [-0.39, 0.29) is 81.3 Å². The van der Waals surface area contributed by atoms with Crippen molar-refractivity contribution in [3.8, 4) is 17.2 Å². The standard InChI is InChI=1S/C47H61N9O10/c1-29(2)44(52-42(57)10-14-63-16-17-64-15-11-51-53-48)45(59)50-25-43(58)56-28-34-19-31(4)27-55(34)47(61)36-21-40(62-6)41(23-38(36)56)66-13-9-7-8-12-65-39-22-37-35(20-32(39)5)46(60)54-26-30(3)18-33(54)24-49-37/h20-24,29,33-34,44H,3-4,7-19,25-28H2,1-2,5-6H3,(H,50,59)(H,52,57)/t33-,34-,44-/m0/s1. The van der Waals surface area contributed by atoms with E-state index in [0.717, 1.165) is 36.0 Å². The van der Waals surface area contributed by atoms with Crippen molar-refractivity contribution in [1.29, 1.82) is 0 Å². The van der Waals surface area contributed by atoms with E-state index in [1.165, 1.54) is 12.0 Å². The molecule has 4 aliphatic heterocycles. The molecule has 4 aliphatic rings. The minimum atomic E-state index is -0.920. The van der Waals surface area contributed by atoms with Crippen LogP contribution in [0.3, 0.4) is 0 Å². The first-order chi connectivity index (χ1) is 31.8. The largest absolute Gasteiger partial charge is 0.493 e. The van der Waals surface area contributed by atoms with Gasteiger partial charge in [-0.05, 0) is 68.2 Å². The highest BCUT2D eigenvalue weighted by Crippen LogP contribution is 2.40. The fraction of sp³-hybridized carbons (Fsp3) is 0.532. The third-order valence-corrected chi connectivity index (χ3v) is 11.8. The summed E-state index contributed by atoms with van der Waals surface area (Å²) in [6.45, 7) is 16.2. The van der Waals surface area contributed by atoms with Gasteiger partial charge in [0.1, 0.15) is 11.8 Å². The lowest BCUT2D eigenvalue weighted by Gasteiger charge is -2.27. The van der Waals surface area contributed by atoms with E-state index in [4.69, 9.17) is 29.2 Å². The number of methoxy groups -OCH3 is 1. The van der Waals surface area contributed by atoms with E-state index in [0.29, 0.717) is 73.3 Å². The summed E-state index contributed by atoms with van der Waals surface area (Å²) in [6.07, 6.45) is 5.26. The van der Waals surface area contributed by atoms with E-state index in [1.807, 2.05) is 30.2 Å². The van der Waals surface area contributed by atoms with E-state index >= 15 is 0 Å². The summed E-state index contributed by atoms with van der Waals surface area (Å²) in [5.41, 5.74) is 12.8. The number of azide groups is 1. The van der Waals surface area contributed by atoms with Gasteiger partial charge in [0, 0.05) is 55.9 Å². The lowest BCUT2D eigenvalue weighted by molar-refractivity contribution is -0.131. The second kappa shape index (κ2) is 23.2. The van der Waals surface area contributed by atoms with Crippen LogP contribution in [0.2, 0.25) is 0 Å². The van der Waals surface area contributed by atoms with E-state index < -0.39 is 30.3 Å². The Morgan fingerprint density at radius 2 is 1.58 bits per heavy atom. The number of rotatable bonds is 23. The third-order valence-electron chi connectivity index (χ3n) is 11.8. The Balaban J connectivity index is 1.03. The van der Waals surface area contributed by atoms with Gasteiger partial charge >= 0.3 is 0 Å². The number of fused-ring (bicyclic) bond motifs is 4. The number of aryl methyl sites for hydroxylation is 1. The molecular formula is C47H61N9O10. The van der Waals surface area contributed by atoms with Crippen LogP contribution in [0.15, 0.2) is 58.7 Å². The number of anilines is 1. The molecule has 66 heavy (non-hydrogen) atoms. The van der Waals surface area contributed by atoms with Crippen molar-refractivity contribution in [1.82, 2.24) is 20.4 Å². The lowest BCUT2D eigenvalue weighted by atomic mass is 10.0. The molecule has 0 aromatic heterocycles. The zero-order chi connectivity index (χ0) is 47.3. The number of nitrogens with one attached hydrogen (secondary N) is 2. The van der Waals surface area contributed by atoms with Crippen molar-refractivity contribution in [2.75, 3.05) is 84.4 Å². The molecule has 2 fully saturated rings. The summed E-state index contributed by atoms with van der Waals surface area (Å²) in [5.74, 6) is -0.610. The topological polar surface area (TPSA) is 226 Å². The monoisotopic (exact) mass is 911 g/mol. The second-order valence-corrected chi connectivity index (χ2v) is 17.1. The third kappa shape index (κ3) is 12.3. The maximum atomic E-state index is 14.1. The normalized spacial score (nSPS) is 17.9. The van der Waals surface area contributed by atoms with Gasteiger partial charge in [0.05, 0.1) is 87.9 Å². The molecule has 2 N–H and O–H groups in total. The van der Waals surface area contributed by atoms with Crippen LogP contribution in [0.5, 0.6) is 17.2 Å². The highest BCUT2D eigenvalue weighted by atomic mass is 16.5. The van der Waals surface area contributed by atoms with Gasteiger partial charge in [0.2, 0.25) is 17.7 Å². The summed E-state index contributed by atoms with van der Waals surface area (Å²) in [6, 6.07) is 5.59. The first kappa shape index (κ1) is 49.0. The SMILES string of the molecule is C=C1C[C@H]2CN(C(=O)CNC(=O)[C@@H](NC(=O)CCOCCOCCN=[N+]=[N-])C(C)C)c3cc(OCCCCCOc4cc5c(cc4C)C(=O)N4CC(=C)C[C@H]4C=N5)c(OC)cc3C(=O)N2C1. The number of hydrogen-bond acceptors (Lipinski definition) is 12. The van der Waals surface area contributed by atoms with Crippen LogP contribution in [0.1, 0.15) is 78.7 Å². The van der Waals surface area contributed by atoms with Crippen LogP contribution in [0.4, 0.5) is 11.4 Å². The molecule has 2 aromatic carbocycles. The van der Waals surface area contributed by atoms with Gasteiger partial charge < -0.3 is 49.0 Å². The molecule has 2 saturated heterocycles. The van der Waals surface area contributed by atoms with Crippen LogP contribution in [-0.4, -0.2) is 143 Å². The lowest BCUT2D eigenvalue weighted by Crippen LogP contribution is -2.52. The highest BCUT2D eigenvalue weighted by Gasteiger charge is 2.40. The Morgan fingerprint density at radius 1 is 0.879 bits per heavy atom.